The molecular formula is C14H24N4O. The van der Waals surface area contributed by atoms with E-state index in [-0.39, 0.29) is 0 Å². The number of hydrogen-bond donors (Lipinski definition) is 2. The van der Waals surface area contributed by atoms with E-state index in [1.165, 1.54) is 19.3 Å². The van der Waals surface area contributed by atoms with Gasteiger partial charge in [0.05, 0.1) is 12.7 Å². The second-order valence-electron chi connectivity index (χ2n) is 4.29. The van der Waals surface area contributed by atoms with E-state index in [0.29, 0.717) is 19.1 Å². The molecular weight excluding hydrogens is 240 g/mol. The number of guanidine groups is 1. The monoisotopic (exact) mass is 264 g/mol. The zero-order chi connectivity index (χ0) is 13.8. The number of ether oxygens (including phenoxy) is 1. The predicted molar refractivity (Wildman–Crippen MR) is 78.4 cm³/mol. The lowest BCUT2D eigenvalue weighted by atomic mass is 10.2. The summed E-state index contributed by atoms with van der Waals surface area (Å²) in [6.07, 6.45) is 8.23. The van der Waals surface area contributed by atoms with Crippen LogP contribution in [0.1, 0.15) is 32.6 Å². The number of pyridine rings is 1. The van der Waals surface area contributed by atoms with Crippen molar-refractivity contribution >= 4 is 5.96 Å². The standard InChI is InChI=1S/C14H24N4O/c1-2-3-4-5-9-17-14(15)18-10-11-19-13-7-6-8-16-12-13/h6-8,12H,2-5,9-11H2,1H3,(H3,15,17,18). The van der Waals surface area contributed by atoms with Gasteiger partial charge in [-0.15, -0.1) is 0 Å². The molecule has 19 heavy (non-hydrogen) atoms. The third-order valence-electron chi connectivity index (χ3n) is 2.61. The number of hydrogen-bond acceptors (Lipinski definition) is 3. The molecule has 0 amide bonds. The number of nitrogens with one attached hydrogen (secondary N) is 1. The second kappa shape index (κ2) is 10.2. The zero-order valence-corrected chi connectivity index (χ0v) is 11.6. The summed E-state index contributed by atoms with van der Waals surface area (Å²) in [5.41, 5.74) is 5.74. The molecule has 0 bridgehead atoms. The van der Waals surface area contributed by atoms with Gasteiger partial charge in [0.2, 0.25) is 0 Å². The van der Waals surface area contributed by atoms with Gasteiger partial charge in [0.25, 0.3) is 0 Å². The topological polar surface area (TPSA) is 72.5 Å². The van der Waals surface area contributed by atoms with Crippen molar-refractivity contribution in [3.63, 3.8) is 0 Å². The van der Waals surface area contributed by atoms with Crippen molar-refractivity contribution in [3.8, 4) is 5.75 Å². The van der Waals surface area contributed by atoms with Gasteiger partial charge in [-0.25, -0.2) is 0 Å². The molecule has 0 radical (unpaired) electrons. The molecule has 0 unspecified atom stereocenters. The Kier molecular flexibility index (Phi) is 8.18. The van der Waals surface area contributed by atoms with Gasteiger partial charge in [0.15, 0.2) is 5.96 Å². The molecule has 0 spiro atoms. The number of aliphatic imine (C=N–C) groups is 1. The quantitative estimate of drug-likeness (QED) is 0.406. The van der Waals surface area contributed by atoms with Gasteiger partial charge in [0, 0.05) is 12.7 Å². The molecule has 0 saturated carbocycles. The average molecular weight is 264 g/mol. The van der Waals surface area contributed by atoms with Crippen LogP contribution in [-0.2, 0) is 0 Å². The average Bonchev–Trinajstić information content (AvgIpc) is 2.44. The van der Waals surface area contributed by atoms with Crippen molar-refractivity contribution in [1.29, 1.82) is 0 Å². The first kappa shape index (κ1) is 15.3. The summed E-state index contributed by atoms with van der Waals surface area (Å²) in [5, 5.41) is 3.03. The van der Waals surface area contributed by atoms with E-state index in [4.69, 9.17) is 10.5 Å². The van der Waals surface area contributed by atoms with Crippen LogP contribution in [0.5, 0.6) is 5.75 Å². The minimum Gasteiger partial charge on any atom is -0.490 e. The summed E-state index contributed by atoms with van der Waals surface area (Å²) in [7, 11) is 0. The van der Waals surface area contributed by atoms with Crippen LogP contribution >= 0.6 is 0 Å². The Morgan fingerprint density at radius 1 is 1.42 bits per heavy atom. The lowest BCUT2D eigenvalue weighted by Gasteiger charge is -2.07. The fourth-order valence-corrected chi connectivity index (χ4v) is 1.57. The summed E-state index contributed by atoms with van der Waals surface area (Å²) in [4.78, 5) is 8.23. The van der Waals surface area contributed by atoms with E-state index in [9.17, 15) is 0 Å². The number of nitrogens with zero attached hydrogens (tertiary/aromatic N) is 2. The molecule has 0 aliphatic rings. The summed E-state index contributed by atoms with van der Waals surface area (Å²) >= 11 is 0. The summed E-state index contributed by atoms with van der Waals surface area (Å²) < 4.78 is 5.48. The molecule has 106 valence electrons. The SMILES string of the molecule is CCCCCCN=C(N)NCCOc1cccnc1. The lowest BCUT2D eigenvalue weighted by Crippen LogP contribution is -2.34. The Morgan fingerprint density at radius 2 is 2.32 bits per heavy atom. The van der Waals surface area contributed by atoms with Crippen molar-refractivity contribution in [2.75, 3.05) is 19.7 Å². The summed E-state index contributed by atoms with van der Waals surface area (Å²) in [6.45, 7) is 4.17. The number of rotatable bonds is 9. The van der Waals surface area contributed by atoms with Gasteiger partial charge in [-0.05, 0) is 18.6 Å². The van der Waals surface area contributed by atoms with E-state index in [0.717, 1.165) is 18.7 Å². The third-order valence-corrected chi connectivity index (χ3v) is 2.61. The van der Waals surface area contributed by atoms with Gasteiger partial charge in [0.1, 0.15) is 12.4 Å². The van der Waals surface area contributed by atoms with Gasteiger partial charge >= 0.3 is 0 Å². The van der Waals surface area contributed by atoms with Crippen LogP contribution in [0.15, 0.2) is 29.5 Å². The molecule has 3 N–H and O–H groups in total. The van der Waals surface area contributed by atoms with Crippen LogP contribution < -0.4 is 15.8 Å². The first-order valence-electron chi connectivity index (χ1n) is 6.89. The van der Waals surface area contributed by atoms with E-state index in [1.807, 2.05) is 12.1 Å². The Bertz CT molecular complexity index is 354. The van der Waals surface area contributed by atoms with Crippen LogP contribution in [0.4, 0.5) is 0 Å². The molecule has 1 aromatic heterocycles. The van der Waals surface area contributed by atoms with E-state index in [2.05, 4.69) is 22.2 Å². The van der Waals surface area contributed by atoms with E-state index >= 15 is 0 Å². The molecule has 0 atom stereocenters. The summed E-state index contributed by atoms with van der Waals surface area (Å²) in [6, 6.07) is 3.72. The molecule has 1 rings (SSSR count). The fraction of sp³-hybridized carbons (Fsp3) is 0.571. The molecule has 0 aromatic carbocycles. The highest BCUT2D eigenvalue weighted by atomic mass is 16.5. The van der Waals surface area contributed by atoms with Crippen LogP contribution in [0, 0.1) is 0 Å². The molecule has 0 aliphatic carbocycles. The van der Waals surface area contributed by atoms with Crippen molar-refractivity contribution in [1.82, 2.24) is 10.3 Å². The second-order valence-corrected chi connectivity index (χ2v) is 4.29. The minimum absolute atomic E-state index is 0.492. The van der Waals surface area contributed by atoms with Gasteiger partial charge in [-0.1, -0.05) is 26.2 Å². The van der Waals surface area contributed by atoms with E-state index < -0.39 is 0 Å². The molecule has 0 fully saturated rings. The largest absolute Gasteiger partial charge is 0.490 e. The smallest absolute Gasteiger partial charge is 0.188 e. The van der Waals surface area contributed by atoms with Crippen molar-refractivity contribution < 1.29 is 4.74 Å². The Labute approximate surface area is 115 Å². The number of nitrogens with two attached hydrogens (primary N) is 1. The van der Waals surface area contributed by atoms with Gasteiger partial charge in [-0.2, -0.15) is 0 Å². The highest BCUT2D eigenvalue weighted by Crippen LogP contribution is 2.04. The molecule has 5 nitrogen and oxygen atoms in total. The van der Waals surface area contributed by atoms with Crippen LogP contribution in [0.25, 0.3) is 0 Å². The van der Waals surface area contributed by atoms with Crippen LogP contribution in [-0.4, -0.2) is 30.6 Å². The zero-order valence-electron chi connectivity index (χ0n) is 11.6. The minimum atomic E-state index is 0.492. The Hall–Kier alpha value is -1.78. The van der Waals surface area contributed by atoms with Crippen LogP contribution in [0.3, 0.4) is 0 Å². The first-order chi connectivity index (χ1) is 9.33. The molecule has 1 heterocycles. The molecule has 5 heteroatoms. The first-order valence-corrected chi connectivity index (χ1v) is 6.89. The molecule has 1 aromatic rings. The lowest BCUT2D eigenvalue weighted by molar-refractivity contribution is 0.321. The van der Waals surface area contributed by atoms with Gasteiger partial charge < -0.3 is 15.8 Å². The molecule has 0 aliphatic heterocycles. The van der Waals surface area contributed by atoms with Crippen molar-refractivity contribution in [2.24, 2.45) is 10.7 Å². The maximum Gasteiger partial charge on any atom is 0.188 e. The van der Waals surface area contributed by atoms with E-state index in [1.54, 1.807) is 12.4 Å². The van der Waals surface area contributed by atoms with Gasteiger partial charge in [-0.3, -0.25) is 9.98 Å². The fourth-order valence-electron chi connectivity index (χ4n) is 1.57. The highest BCUT2D eigenvalue weighted by Gasteiger charge is 1.94. The number of unbranched alkanes of at least 4 members (excludes halogenated alkanes) is 3. The Balaban J connectivity index is 2.03. The van der Waals surface area contributed by atoms with Crippen LogP contribution in [0.2, 0.25) is 0 Å². The highest BCUT2D eigenvalue weighted by molar-refractivity contribution is 5.77. The van der Waals surface area contributed by atoms with Crippen molar-refractivity contribution in [2.45, 2.75) is 32.6 Å². The maximum atomic E-state index is 5.74. The predicted octanol–water partition coefficient (Wildman–Crippen LogP) is 1.94. The molecule has 0 saturated heterocycles. The van der Waals surface area contributed by atoms with Crippen molar-refractivity contribution in [3.05, 3.63) is 24.5 Å². The Morgan fingerprint density at radius 3 is 3.05 bits per heavy atom. The third kappa shape index (κ3) is 8.02. The number of aromatic nitrogens is 1. The summed E-state index contributed by atoms with van der Waals surface area (Å²) in [5.74, 6) is 1.26. The maximum absolute atomic E-state index is 5.74. The normalized spacial score (nSPS) is 11.3.